The number of hydrogen-bond acceptors (Lipinski definition) is 4. The molecule has 6 heteroatoms. The first-order valence-electron chi connectivity index (χ1n) is 6.10. The molecule has 0 aliphatic heterocycles. The number of nitrogens with one attached hydrogen (secondary N) is 1. The van der Waals surface area contributed by atoms with Crippen molar-refractivity contribution in [3.05, 3.63) is 42.2 Å². The zero-order valence-corrected chi connectivity index (χ0v) is 10.9. The quantitative estimate of drug-likeness (QED) is 0.850. The summed E-state index contributed by atoms with van der Waals surface area (Å²) < 4.78 is 1.68. The fourth-order valence-corrected chi connectivity index (χ4v) is 1.69. The molecule has 1 aromatic carbocycles. The van der Waals surface area contributed by atoms with Crippen molar-refractivity contribution >= 4 is 5.91 Å². The van der Waals surface area contributed by atoms with Crippen LogP contribution in [0, 0.1) is 0 Å². The maximum atomic E-state index is 11.5. The summed E-state index contributed by atoms with van der Waals surface area (Å²) >= 11 is 0. The van der Waals surface area contributed by atoms with E-state index in [9.17, 15) is 4.79 Å². The Balaban J connectivity index is 2.08. The molecule has 1 unspecified atom stereocenters. The van der Waals surface area contributed by atoms with Crippen molar-refractivity contribution in [2.45, 2.75) is 25.9 Å². The number of benzene rings is 1. The lowest BCUT2D eigenvalue weighted by atomic mass is 10.1. The number of hydrogen-bond donors (Lipinski definition) is 2. The molecule has 1 amide bonds. The molecule has 0 spiro atoms. The Morgan fingerprint density at radius 3 is 2.53 bits per heavy atom. The predicted molar refractivity (Wildman–Crippen MR) is 71.6 cm³/mol. The zero-order valence-electron chi connectivity index (χ0n) is 10.9. The van der Waals surface area contributed by atoms with Crippen molar-refractivity contribution in [3.63, 3.8) is 0 Å². The molecular weight excluding hydrogens is 242 g/mol. The molecule has 1 aromatic heterocycles. The first-order chi connectivity index (χ1) is 9.08. The van der Waals surface area contributed by atoms with E-state index in [-0.39, 0.29) is 11.9 Å². The Bertz CT molecular complexity index is 533. The second kappa shape index (κ2) is 5.62. The molecule has 0 fully saturated rings. The summed E-state index contributed by atoms with van der Waals surface area (Å²) in [4.78, 5) is 11.5. The lowest BCUT2D eigenvalue weighted by molar-refractivity contribution is -0.122. The van der Waals surface area contributed by atoms with Crippen molar-refractivity contribution in [3.8, 4) is 5.69 Å². The first-order valence-corrected chi connectivity index (χ1v) is 6.10. The van der Waals surface area contributed by atoms with Crippen LogP contribution in [0.4, 0.5) is 0 Å². The van der Waals surface area contributed by atoms with Gasteiger partial charge in [0.2, 0.25) is 5.91 Å². The summed E-state index contributed by atoms with van der Waals surface area (Å²) in [6.45, 7) is 3.58. The second-order valence-corrected chi connectivity index (χ2v) is 4.46. The van der Waals surface area contributed by atoms with Crippen LogP contribution in [-0.2, 0) is 4.79 Å². The van der Waals surface area contributed by atoms with E-state index in [1.807, 2.05) is 31.2 Å². The van der Waals surface area contributed by atoms with Crippen molar-refractivity contribution in [1.29, 1.82) is 0 Å². The maximum absolute atomic E-state index is 11.5. The van der Waals surface area contributed by atoms with Crippen LogP contribution in [0.2, 0.25) is 0 Å². The summed E-state index contributed by atoms with van der Waals surface area (Å²) in [5.74, 6) is -0.159. The third kappa shape index (κ3) is 3.17. The minimum Gasteiger partial charge on any atom is -0.348 e. The molecule has 2 rings (SSSR count). The van der Waals surface area contributed by atoms with Gasteiger partial charge in [0.05, 0.1) is 30.2 Å². The highest BCUT2D eigenvalue weighted by atomic mass is 16.2. The van der Waals surface area contributed by atoms with Gasteiger partial charge < -0.3 is 11.1 Å². The van der Waals surface area contributed by atoms with Crippen LogP contribution in [0.3, 0.4) is 0 Å². The average molecular weight is 259 g/mol. The molecule has 3 N–H and O–H groups in total. The molecule has 0 radical (unpaired) electrons. The van der Waals surface area contributed by atoms with Crippen LogP contribution >= 0.6 is 0 Å². The molecule has 6 nitrogen and oxygen atoms in total. The highest BCUT2D eigenvalue weighted by Gasteiger charge is 2.12. The van der Waals surface area contributed by atoms with Crippen LogP contribution in [0.5, 0.6) is 0 Å². The zero-order chi connectivity index (χ0) is 13.8. The van der Waals surface area contributed by atoms with Crippen molar-refractivity contribution in [1.82, 2.24) is 20.3 Å². The van der Waals surface area contributed by atoms with Crippen LogP contribution in [0.1, 0.15) is 25.5 Å². The van der Waals surface area contributed by atoms with Crippen molar-refractivity contribution < 1.29 is 4.79 Å². The van der Waals surface area contributed by atoms with Gasteiger partial charge in [0.25, 0.3) is 0 Å². The van der Waals surface area contributed by atoms with Crippen molar-refractivity contribution in [2.75, 3.05) is 0 Å². The van der Waals surface area contributed by atoms with Gasteiger partial charge in [0.1, 0.15) is 0 Å². The number of nitrogens with zero attached hydrogens (tertiary/aromatic N) is 3. The maximum Gasteiger partial charge on any atom is 0.237 e. The number of aromatic nitrogens is 3. The van der Waals surface area contributed by atoms with E-state index in [0.717, 1.165) is 11.3 Å². The Hall–Kier alpha value is -2.21. The Morgan fingerprint density at radius 1 is 1.32 bits per heavy atom. The summed E-state index contributed by atoms with van der Waals surface area (Å²) in [7, 11) is 0. The van der Waals surface area contributed by atoms with Crippen LogP contribution in [-0.4, -0.2) is 26.9 Å². The topological polar surface area (TPSA) is 85.8 Å². The Labute approximate surface area is 111 Å². The summed E-state index contributed by atoms with van der Waals surface area (Å²) in [5.41, 5.74) is 7.46. The van der Waals surface area contributed by atoms with Gasteiger partial charge >= 0.3 is 0 Å². The minimum atomic E-state index is -0.503. The Kier molecular flexibility index (Phi) is 3.91. The van der Waals surface area contributed by atoms with E-state index < -0.39 is 6.04 Å². The molecule has 0 aliphatic rings. The van der Waals surface area contributed by atoms with Crippen LogP contribution in [0.25, 0.3) is 5.69 Å². The lowest BCUT2D eigenvalue weighted by Crippen LogP contribution is -2.39. The summed E-state index contributed by atoms with van der Waals surface area (Å²) in [6.07, 6.45) is 3.40. The fourth-order valence-electron chi connectivity index (χ4n) is 1.69. The van der Waals surface area contributed by atoms with E-state index in [4.69, 9.17) is 5.73 Å². The molecule has 19 heavy (non-hydrogen) atoms. The third-order valence-corrected chi connectivity index (χ3v) is 2.85. The Morgan fingerprint density at radius 2 is 2.00 bits per heavy atom. The number of amides is 1. The molecule has 0 saturated carbocycles. The van der Waals surface area contributed by atoms with E-state index in [0.29, 0.717) is 0 Å². The third-order valence-electron chi connectivity index (χ3n) is 2.85. The molecule has 1 heterocycles. The SMILES string of the molecule is CC(NC(=O)[C@@H](C)N)c1ccc(-n2ccnn2)cc1. The molecule has 2 atom stereocenters. The molecule has 2 aromatic rings. The average Bonchev–Trinajstić information content (AvgIpc) is 2.92. The van der Waals surface area contributed by atoms with Gasteiger partial charge in [0, 0.05) is 0 Å². The first kappa shape index (κ1) is 13.2. The number of carbonyl (C=O) groups is 1. The van der Waals surface area contributed by atoms with Gasteiger partial charge in [-0.05, 0) is 31.5 Å². The van der Waals surface area contributed by atoms with Crippen LogP contribution in [0.15, 0.2) is 36.7 Å². The highest BCUT2D eigenvalue weighted by molar-refractivity contribution is 5.81. The van der Waals surface area contributed by atoms with Gasteiger partial charge in [-0.2, -0.15) is 0 Å². The summed E-state index contributed by atoms with van der Waals surface area (Å²) in [6, 6.07) is 7.17. The molecular formula is C13H17N5O. The monoisotopic (exact) mass is 259 g/mol. The molecule has 0 aliphatic carbocycles. The largest absolute Gasteiger partial charge is 0.348 e. The number of carbonyl (C=O) groups excluding carboxylic acids is 1. The predicted octanol–water partition coefficient (Wildman–Crippen LogP) is 0.792. The molecule has 0 bridgehead atoms. The van der Waals surface area contributed by atoms with Crippen molar-refractivity contribution in [2.24, 2.45) is 5.73 Å². The van der Waals surface area contributed by atoms with Gasteiger partial charge in [0.15, 0.2) is 0 Å². The lowest BCUT2D eigenvalue weighted by Gasteiger charge is -2.16. The van der Waals surface area contributed by atoms with Gasteiger partial charge in [-0.1, -0.05) is 17.3 Å². The van der Waals surface area contributed by atoms with E-state index in [2.05, 4.69) is 15.6 Å². The summed E-state index contributed by atoms with van der Waals surface area (Å²) in [5, 5.41) is 10.5. The number of rotatable bonds is 4. The smallest absolute Gasteiger partial charge is 0.237 e. The second-order valence-electron chi connectivity index (χ2n) is 4.46. The highest BCUT2D eigenvalue weighted by Crippen LogP contribution is 2.15. The fraction of sp³-hybridized carbons (Fsp3) is 0.308. The van der Waals surface area contributed by atoms with Crippen LogP contribution < -0.4 is 11.1 Å². The molecule has 0 saturated heterocycles. The van der Waals surface area contributed by atoms with Gasteiger partial charge in [-0.15, -0.1) is 5.10 Å². The van der Waals surface area contributed by atoms with Gasteiger partial charge in [-0.25, -0.2) is 4.68 Å². The van der Waals surface area contributed by atoms with E-state index in [1.165, 1.54) is 0 Å². The van der Waals surface area contributed by atoms with Gasteiger partial charge in [-0.3, -0.25) is 4.79 Å². The standard InChI is InChI=1S/C13H17N5O/c1-9(14)13(19)16-10(2)11-3-5-12(6-4-11)18-8-7-15-17-18/h3-10H,14H2,1-2H3,(H,16,19)/t9-,10?/m1/s1. The minimum absolute atomic E-state index is 0.0803. The number of nitrogens with two attached hydrogens (primary N) is 1. The van der Waals surface area contributed by atoms with E-state index in [1.54, 1.807) is 24.0 Å². The molecule has 100 valence electrons. The van der Waals surface area contributed by atoms with E-state index >= 15 is 0 Å². The normalized spacial score (nSPS) is 13.8.